The van der Waals surface area contributed by atoms with Gasteiger partial charge in [-0.2, -0.15) is 0 Å². The molecule has 2 N–H and O–H groups in total. The Bertz CT molecular complexity index is 1450. The van der Waals surface area contributed by atoms with Crippen LogP contribution in [0.1, 0.15) is 37.0 Å². The first-order valence-corrected chi connectivity index (χ1v) is 12.4. The highest BCUT2D eigenvalue weighted by Gasteiger charge is 2.51. The van der Waals surface area contributed by atoms with Crippen LogP contribution in [0.2, 0.25) is 5.02 Å². The molecule has 1 atom stereocenters. The van der Waals surface area contributed by atoms with Crippen molar-refractivity contribution in [2.24, 2.45) is 0 Å². The number of aliphatic carboxylic acids is 1. The van der Waals surface area contributed by atoms with Gasteiger partial charge in [0.25, 0.3) is 0 Å². The molecule has 1 aromatic heterocycles. The Kier molecular flexibility index (Phi) is 6.68. The third-order valence-electron chi connectivity index (χ3n) is 6.81. The lowest BCUT2D eigenvalue weighted by molar-refractivity contribution is -0.140. The molecule has 7 heteroatoms. The minimum Gasteiger partial charge on any atom is -0.481 e. The number of pyridine rings is 1. The van der Waals surface area contributed by atoms with Crippen LogP contribution in [-0.4, -0.2) is 22.2 Å². The van der Waals surface area contributed by atoms with Crippen molar-refractivity contribution in [1.29, 1.82) is 0 Å². The summed E-state index contributed by atoms with van der Waals surface area (Å²) in [5.41, 5.74) is 5.08. The van der Waals surface area contributed by atoms with Gasteiger partial charge in [-0.1, -0.05) is 78.3 Å². The third-order valence-corrected chi connectivity index (χ3v) is 7.16. The number of hydrogen-bond donors (Lipinski definition) is 2. The molecule has 1 heterocycles. The van der Waals surface area contributed by atoms with Gasteiger partial charge in [-0.15, -0.1) is 0 Å². The number of amides is 1. The summed E-state index contributed by atoms with van der Waals surface area (Å²) in [6, 6.07) is 24.6. The van der Waals surface area contributed by atoms with Crippen LogP contribution in [0.15, 0.2) is 91.3 Å². The number of hydrogen-bond acceptors (Lipinski definition) is 4. The van der Waals surface area contributed by atoms with Crippen LogP contribution in [0.4, 0.5) is 10.5 Å². The molecule has 4 aromatic rings. The smallest absolute Gasteiger partial charge is 0.412 e. The first kappa shape index (κ1) is 24.5. The zero-order valence-electron chi connectivity index (χ0n) is 20.1. The van der Waals surface area contributed by atoms with Crippen LogP contribution in [0.5, 0.6) is 0 Å². The predicted molar refractivity (Wildman–Crippen MR) is 144 cm³/mol. The molecule has 0 radical (unpaired) electrons. The second-order valence-corrected chi connectivity index (χ2v) is 9.56. The van der Waals surface area contributed by atoms with E-state index in [9.17, 15) is 14.7 Å². The fourth-order valence-corrected chi connectivity index (χ4v) is 4.77. The molecule has 186 valence electrons. The van der Waals surface area contributed by atoms with Crippen LogP contribution < -0.4 is 5.32 Å². The fourth-order valence-electron chi connectivity index (χ4n) is 4.48. The summed E-state index contributed by atoms with van der Waals surface area (Å²) < 4.78 is 5.55. The van der Waals surface area contributed by atoms with Gasteiger partial charge in [0.2, 0.25) is 0 Å². The number of halogens is 1. The standard InChI is InChI=1S/C30H25ClN2O4/c1-19(24-4-2-3-5-26(24)31)37-29(36)33-27-14-17-32-18-25(27)22-8-6-20(7-9-22)21-10-12-23(13-11-21)30(15-16-30)28(34)35/h2-14,17-19H,15-16H2,1H3,(H,34,35)(H,32,33,36). The lowest BCUT2D eigenvalue weighted by Gasteiger charge is -2.17. The number of carbonyl (C=O) groups is 2. The molecule has 6 nitrogen and oxygen atoms in total. The van der Waals surface area contributed by atoms with Gasteiger partial charge in [-0.05, 0) is 54.2 Å². The number of carboxylic acid groups (broad SMARTS) is 1. The third kappa shape index (κ3) is 5.06. The topological polar surface area (TPSA) is 88.5 Å². The van der Waals surface area contributed by atoms with Crippen molar-refractivity contribution in [2.75, 3.05) is 5.32 Å². The SMILES string of the molecule is CC(OC(=O)Nc1ccncc1-c1ccc(-c2ccc(C3(C(=O)O)CC3)cc2)cc1)c1ccccc1Cl. The Morgan fingerprint density at radius 1 is 0.946 bits per heavy atom. The van der Waals surface area contributed by atoms with Crippen molar-refractivity contribution in [3.05, 3.63) is 107 Å². The highest BCUT2D eigenvalue weighted by molar-refractivity contribution is 6.31. The molecule has 0 saturated heterocycles. The van der Waals surface area contributed by atoms with E-state index in [0.29, 0.717) is 23.6 Å². The predicted octanol–water partition coefficient (Wildman–Crippen LogP) is 7.49. The zero-order chi connectivity index (χ0) is 26.0. The number of nitrogens with zero attached hydrogens (tertiary/aromatic N) is 1. The Labute approximate surface area is 219 Å². The molecule has 1 amide bonds. The number of aromatic nitrogens is 1. The summed E-state index contributed by atoms with van der Waals surface area (Å²) >= 11 is 6.22. The molecule has 37 heavy (non-hydrogen) atoms. The molecule has 1 unspecified atom stereocenters. The maximum atomic E-state index is 12.6. The van der Waals surface area contributed by atoms with E-state index < -0.39 is 23.6 Å². The van der Waals surface area contributed by atoms with Gasteiger partial charge >= 0.3 is 12.1 Å². The van der Waals surface area contributed by atoms with E-state index in [1.54, 1.807) is 31.5 Å². The second kappa shape index (κ2) is 10.1. The number of benzene rings is 3. The van der Waals surface area contributed by atoms with Crippen molar-refractivity contribution >= 4 is 29.4 Å². The Balaban J connectivity index is 1.30. The van der Waals surface area contributed by atoms with Crippen molar-refractivity contribution < 1.29 is 19.4 Å². The number of nitrogens with one attached hydrogen (secondary N) is 1. The van der Waals surface area contributed by atoms with E-state index >= 15 is 0 Å². The van der Waals surface area contributed by atoms with Gasteiger partial charge in [0.1, 0.15) is 6.10 Å². The Morgan fingerprint density at radius 2 is 1.57 bits per heavy atom. The summed E-state index contributed by atoms with van der Waals surface area (Å²) in [5.74, 6) is -0.757. The fraction of sp³-hybridized carbons (Fsp3) is 0.167. The Hall–Kier alpha value is -4.16. The molecule has 0 spiro atoms. The maximum Gasteiger partial charge on any atom is 0.412 e. The molecule has 1 fully saturated rings. The molecule has 0 bridgehead atoms. The molecule has 1 aliphatic rings. The maximum absolute atomic E-state index is 12.6. The van der Waals surface area contributed by atoms with E-state index in [2.05, 4.69) is 10.3 Å². The van der Waals surface area contributed by atoms with Gasteiger partial charge < -0.3 is 9.84 Å². The highest BCUT2D eigenvalue weighted by atomic mass is 35.5. The molecule has 1 aliphatic carbocycles. The lowest BCUT2D eigenvalue weighted by atomic mass is 9.93. The summed E-state index contributed by atoms with van der Waals surface area (Å²) in [7, 11) is 0. The van der Waals surface area contributed by atoms with Crippen LogP contribution in [-0.2, 0) is 14.9 Å². The summed E-state index contributed by atoms with van der Waals surface area (Å²) in [4.78, 5) is 28.5. The first-order valence-electron chi connectivity index (χ1n) is 12.0. The van der Waals surface area contributed by atoms with Crippen LogP contribution in [0.3, 0.4) is 0 Å². The Morgan fingerprint density at radius 3 is 2.19 bits per heavy atom. The zero-order valence-corrected chi connectivity index (χ0v) is 20.9. The van der Waals surface area contributed by atoms with Gasteiger partial charge in [-0.3, -0.25) is 15.1 Å². The van der Waals surface area contributed by atoms with Crippen molar-refractivity contribution in [3.63, 3.8) is 0 Å². The quantitative estimate of drug-likeness (QED) is 0.268. The minimum absolute atomic E-state index is 0.519. The molecule has 0 aliphatic heterocycles. The number of anilines is 1. The van der Waals surface area contributed by atoms with Crippen LogP contribution in [0.25, 0.3) is 22.3 Å². The van der Waals surface area contributed by atoms with Crippen LogP contribution in [0, 0.1) is 0 Å². The van der Waals surface area contributed by atoms with E-state index in [1.165, 1.54) is 0 Å². The van der Waals surface area contributed by atoms with E-state index in [0.717, 1.165) is 33.4 Å². The number of rotatable bonds is 7. The minimum atomic E-state index is -0.757. The second-order valence-electron chi connectivity index (χ2n) is 9.16. The van der Waals surface area contributed by atoms with Crippen molar-refractivity contribution in [2.45, 2.75) is 31.3 Å². The number of carbonyl (C=O) groups excluding carboxylic acids is 1. The molecular weight excluding hydrogens is 488 g/mol. The van der Waals surface area contributed by atoms with Crippen molar-refractivity contribution in [3.8, 4) is 22.3 Å². The summed E-state index contributed by atoms with van der Waals surface area (Å²) in [5, 5.41) is 12.9. The van der Waals surface area contributed by atoms with Gasteiger partial charge in [-0.25, -0.2) is 4.79 Å². The monoisotopic (exact) mass is 512 g/mol. The normalized spacial score (nSPS) is 14.4. The molecule has 5 rings (SSSR count). The van der Waals surface area contributed by atoms with Gasteiger partial charge in [0.05, 0.1) is 11.1 Å². The first-order chi connectivity index (χ1) is 17.9. The highest BCUT2D eigenvalue weighted by Crippen LogP contribution is 2.48. The van der Waals surface area contributed by atoms with E-state index in [1.807, 2.05) is 66.7 Å². The largest absolute Gasteiger partial charge is 0.481 e. The average molecular weight is 513 g/mol. The summed E-state index contributed by atoms with van der Waals surface area (Å²) in [6.07, 6.45) is 3.56. The number of ether oxygens (including phenoxy) is 1. The van der Waals surface area contributed by atoms with Gasteiger partial charge in [0, 0.05) is 28.5 Å². The van der Waals surface area contributed by atoms with Crippen molar-refractivity contribution in [1.82, 2.24) is 4.98 Å². The van der Waals surface area contributed by atoms with E-state index in [-0.39, 0.29) is 0 Å². The average Bonchev–Trinajstić information content (AvgIpc) is 3.72. The van der Waals surface area contributed by atoms with E-state index in [4.69, 9.17) is 16.3 Å². The molecule has 3 aromatic carbocycles. The number of carboxylic acids is 1. The lowest BCUT2D eigenvalue weighted by Crippen LogP contribution is -2.19. The van der Waals surface area contributed by atoms with Crippen LogP contribution >= 0.6 is 11.6 Å². The molecular formula is C30H25ClN2O4. The molecule has 1 saturated carbocycles. The summed E-state index contributed by atoms with van der Waals surface area (Å²) in [6.45, 7) is 1.77. The van der Waals surface area contributed by atoms with Gasteiger partial charge in [0.15, 0.2) is 0 Å².